The Bertz CT molecular complexity index is 361. The molecular formula is C13H20N2O. The van der Waals surface area contributed by atoms with Crippen LogP contribution in [0.4, 0.5) is 5.69 Å². The lowest BCUT2D eigenvalue weighted by Gasteiger charge is -2.22. The van der Waals surface area contributed by atoms with Gasteiger partial charge in [-0.1, -0.05) is 12.1 Å². The highest BCUT2D eigenvalue weighted by Crippen LogP contribution is 2.29. The Morgan fingerprint density at radius 1 is 1.44 bits per heavy atom. The molecule has 1 fully saturated rings. The number of nitrogen functional groups attached to an aromatic ring is 1. The van der Waals surface area contributed by atoms with Gasteiger partial charge in [-0.25, -0.2) is 0 Å². The van der Waals surface area contributed by atoms with E-state index in [0.29, 0.717) is 6.04 Å². The van der Waals surface area contributed by atoms with Crippen LogP contribution >= 0.6 is 0 Å². The van der Waals surface area contributed by atoms with Crippen LogP contribution in [0.25, 0.3) is 0 Å². The zero-order valence-electron chi connectivity index (χ0n) is 9.82. The first-order valence-corrected chi connectivity index (χ1v) is 5.91. The molecule has 2 rings (SSSR count). The summed E-state index contributed by atoms with van der Waals surface area (Å²) in [6.45, 7) is 3.97. The second-order valence-corrected chi connectivity index (χ2v) is 4.56. The predicted octanol–water partition coefficient (Wildman–Crippen LogP) is 1.53. The number of nitrogens with zero attached hydrogens (tertiary/aromatic N) is 1. The summed E-state index contributed by atoms with van der Waals surface area (Å²) in [5.41, 5.74) is 9.20. The molecule has 0 bridgehead atoms. The highest BCUT2D eigenvalue weighted by atomic mass is 16.3. The fraction of sp³-hybridized carbons (Fsp3) is 0.538. The Morgan fingerprint density at radius 2 is 2.19 bits per heavy atom. The largest absolute Gasteiger partial charge is 0.399 e. The number of aliphatic hydroxyl groups excluding tert-OH is 1. The Balaban J connectivity index is 2.08. The minimum absolute atomic E-state index is 0.234. The third-order valence-corrected chi connectivity index (χ3v) is 3.31. The molecule has 0 radical (unpaired) electrons. The molecule has 3 heteroatoms. The van der Waals surface area contributed by atoms with E-state index >= 15 is 0 Å². The third kappa shape index (κ3) is 2.54. The van der Waals surface area contributed by atoms with E-state index in [0.717, 1.165) is 18.8 Å². The summed E-state index contributed by atoms with van der Waals surface area (Å²) in [6.07, 6.45) is 2.53. The smallest absolute Gasteiger partial charge is 0.0558 e. The van der Waals surface area contributed by atoms with Crippen LogP contribution in [0.15, 0.2) is 18.2 Å². The van der Waals surface area contributed by atoms with Crippen LogP contribution in [0.1, 0.15) is 24.0 Å². The van der Waals surface area contributed by atoms with Gasteiger partial charge in [0.1, 0.15) is 0 Å². The Morgan fingerprint density at radius 3 is 2.81 bits per heavy atom. The maximum absolute atomic E-state index is 9.05. The Kier molecular flexibility index (Phi) is 3.46. The van der Waals surface area contributed by atoms with E-state index in [1.54, 1.807) is 0 Å². The molecule has 0 spiro atoms. The molecule has 88 valence electrons. The van der Waals surface area contributed by atoms with Gasteiger partial charge in [-0.15, -0.1) is 0 Å². The lowest BCUT2D eigenvalue weighted by atomic mass is 10.1. The van der Waals surface area contributed by atoms with Crippen molar-refractivity contribution in [2.24, 2.45) is 0 Å². The van der Waals surface area contributed by atoms with Gasteiger partial charge in [-0.05, 0) is 37.0 Å². The van der Waals surface area contributed by atoms with Crippen molar-refractivity contribution in [2.75, 3.05) is 18.9 Å². The number of nitrogens with two attached hydrogens (primary N) is 1. The van der Waals surface area contributed by atoms with E-state index in [-0.39, 0.29) is 6.61 Å². The van der Waals surface area contributed by atoms with Crippen LogP contribution in [0, 0.1) is 6.92 Å². The lowest BCUT2D eigenvalue weighted by Crippen LogP contribution is -2.29. The van der Waals surface area contributed by atoms with Gasteiger partial charge in [0.2, 0.25) is 0 Å². The molecule has 1 aliphatic rings. The summed E-state index contributed by atoms with van der Waals surface area (Å²) in [4.78, 5) is 2.35. The molecule has 1 aromatic rings. The molecular weight excluding hydrogens is 200 g/mol. The molecule has 0 unspecified atom stereocenters. The quantitative estimate of drug-likeness (QED) is 0.740. The fourth-order valence-corrected chi connectivity index (χ4v) is 2.05. The molecule has 0 aromatic heterocycles. The van der Waals surface area contributed by atoms with E-state index in [1.807, 2.05) is 12.1 Å². The van der Waals surface area contributed by atoms with Crippen LogP contribution in [-0.4, -0.2) is 29.2 Å². The molecule has 0 atom stereocenters. The summed E-state index contributed by atoms with van der Waals surface area (Å²) >= 11 is 0. The van der Waals surface area contributed by atoms with Gasteiger partial charge in [0, 0.05) is 24.8 Å². The predicted molar refractivity (Wildman–Crippen MR) is 66.1 cm³/mol. The minimum Gasteiger partial charge on any atom is -0.399 e. The highest BCUT2D eigenvalue weighted by Gasteiger charge is 2.28. The van der Waals surface area contributed by atoms with Crippen molar-refractivity contribution in [3.8, 4) is 0 Å². The molecule has 1 aromatic carbocycles. The SMILES string of the molecule is Cc1c(N)cccc1CN(CCO)C1CC1. The molecule has 0 aliphatic heterocycles. The summed E-state index contributed by atoms with van der Waals surface area (Å²) in [5.74, 6) is 0. The van der Waals surface area contributed by atoms with Crippen molar-refractivity contribution in [2.45, 2.75) is 32.4 Å². The van der Waals surface area contributed by atoms with Crippen LogP contribution in [0.2, 0.25) is 0 Å². The van der Waals surface area contributed by atoms with E-state index in [9.17, 15) is 0 Å². The molecule has 1 saturated carbocycles. The molecule has 16 heavy (non-hydrogen) atoms. The van der Waals surface area contributed by atoms with Crippen LogP contribution in [-0.2, 0) is 6.54 Å². The lowest BCUT2D eigenvalue weighted by molar-refractivity contribution is 0.183. The summed E-state index contributed by atoms with van der Waals surface area (Å²) < 4.78 is 0. The number of rotatable bonds is 5. The Labute approximate surface area is 96.9 Å². The number of hydrogen-bond acceptors (Lipinski definition) is 3. The first kappa shape index (κ1) is 11.4. The van der Waals surface area contributed by atoms with Gasteiger partial charge in [-0.2, -0.15) is 0 Å². The van der Waals surface area contributed by atoms with Gasteiger partial charge in [-0.3, -0.25) is 4.90 Å². The zero-order chi connectivity index (χ0) is 11.5. The van der Waals surface area contributed by atoms with E-state index < -0.39 is 0 Å². The third-order valence-electron chi connectivity index (χ3n) is 3.31. The molecule has 0 saturated heterocycles. The molecule has 1 aliphatic carbocycles. The topological polar surface area (TPSA) is 49.5 Å². The van der Waals surface area contributed by atoms with Crippen molar-refractivity contribution >= 4 is 5.69 Å². The number of aliphatic hydroxyl groups is 1. The zero-order valence-corrected chi connectivity index (χ0v) is 9.82. The maximum atomic E-state index is 9.05. The van der Waals surface area contributed by atoms with Gasteiger partial charge in [0.25, 0.3) is 0 Å². The van der Waals surface area contributed by atoms with Crippen molar-refractivity contribution in [1.29, 1.82) is 0 Å². The molecule has 0 amide bonds. The first-order valence-electron chi connectivity index (χ1n) is 5.91. The first-order chi connectivity index (χ1) is 7.72. The van der Waals surface area contributed by atoms with Gasteiger partial charge in [0.05, 0.1) is 6.61 Å². The standard InChI is InChI=1S/C13H20N2O/c1-10-11(3-2-4-13(10)14)9-15(7-8-16)12-5-6-12/h2-4,12,16H,5-9,14H2,1H3. The normalized spacial score (nSPS) is 15.7. The fourth-order valence-electron chi connectivity index (χ4n) is 2.05. The number of hydrogen-bond donors (Lipinski definition) is 2. The summed E-state index contributed by atoms with van der Waals surface area (Å²) in [6, 6.07) is 6.74. The highest BCUT2D eigenvalue weighted by molar-refractivity contribution is 5.49. The molecule has 3 nitrogen and oxygen atoms in total. The number of benzene rings is 1. The van der Waals surface area contributed by atoms with Gasteiger partial charge < -0.3 is 10.8 Å². The molecule has 3 N–H and O–H groups in total. The summed E-state index contributed by atoms with van der Waals surface area (Å²) in [7, 11) is 0. The summed E-state index contributed by atoms with van der Waals surface area (Å²) in [5, 5.41) is 9.05. The van der Waals surface area contributed by atoms with Gasteiger partial charge >= 0.3 is 0 Å². The van der Waals surface area contributed by atoms with Crippen molar-refractivity contribution in [3.63, 3.8) is 0 Å². The van der Waals surface area contributed by atoms with Crippen molar-refractivity contribution in [1.82, 2.24) is 4.90 Å². The monoisotopic (exact) mass is 220 g/mol. The van der Waals surface area contributed by atoms with Crippen molar-refractivity contribution in [3.05, 3.63) is 29.3 Å². The van der Waals surface area contributed by atoms with E-state index in [2.05, 4.69) is 17.9 Å². The van der Waals surface area contributed by atoms with Gasteiger partial charge in [0.15, 0.2) is 0 Å². The maximum Gasteiger partial charge on any atom is 0.0558 e. The van der Waals surface area contributed by atoms with Crippen molar-refractivity contribution < 1.29 is 5.11 Å². The van der Waals surface area contributed by atoms with E-state index in [1.165, 1.54) is 24.0 Å². The second-order valence-electron chi connectivity index (χ2n) is 4.56. The van der Waals surface area contributed by atoms with Crippen LogP contribution in [0.3, 0.4) is 0 Å². The van der Waals surface area contributed by atoms with E-state index in [4.69, 9.17) is 10.8 Å². The average molecular weight is 220 g/mol. The Hall–Kier alpha value is -1.06. The van der Waals surface area contributed by atoms with Crippen LogP contribution < -0.4 is 5.73 Å². The second kappa shape index (κ2) is 4.85. The van der Waals surface area contributed by atoms with Crippen LogP contribution in [0.5, 0.6) is 0 Å². The average Bonchev–Trinajstić information content (AvgIpc) is 3.07. The molecule has 0 heterocycles. The minimum atomic E-state index is 0.234. The number of anilines is 1.